The lowest BCUT2D eigenvalue weighted by Gasteiger charge is -2.35. The summed E-state index contributed by atoms with van der Waals surface area (Å²) in [6.07, 6.45) is 2.78. The highest BCUT2D eigenvalue weighted by Crippen LogP contribution is 2.18. The number of ether oxygens (including phenoxy) is 1. The lowest BCUT2D eigenvalue weighted by molar-refractivity contribution is -0.142. The summed E-state index contributed by atoms with van der Waals surface area (Å²) < 4.78 is 5.59. The SMILES string of the molecule is CC1CN(C(=O)CNC2CC2)CC(C)O1. The number of hydrogen-bond acceptors (Lipinski definition) is 3. The van der Waals surface area contributed by atoms with Gasteiger partial charge in [0, 0.05) is 19.1 Å². The van der Waals surface area contributed by atoms with Gasteiger partial charge >= 0.3 is 0 Å². The Morgan fingerprint density at radius 3 is 2.47 bits per heavy atom. The normalized spacial score (nSPS) is 31.7. The van der Waals surface area contributed by atoms with Crippen molar-refractivity contribution in [3.63, 3.8) is 0 Å². The van der Waals surface area contributed by atoms with Crippen LogP contribution in [0.25, 0.3) is 0 Å². The third kappa shape index (κ3) is 3.18. The van der Waals surface area contributed by atoms with Gasteiger partial charge in [0.2, 0.25) is 5.91 Å². The molecule has 2 aliphatic rings. The number of nitrogens with zero attached hydrogens (tertiary/aromatic N) is 1. The molecule has 1 heterocycles. The fourth-order valence-corrected chi connectivity index (χ4v) is 2.01. The van der Waals surface area contributed by atoms with E-state index in [1.54, 1.807) is 0 Å². The van der Waals surface area contributed by atoms with Gasteiger partial charge in [-0.2, -0.15) is 0 Å². The molecule has 0 radical (unpaired) electrons. The Hall–Kier alpha value is -0.610. The zero-order chi connectivity index (χ0) is 10.8. The minimum Gasteiger partial charge on any atom is -0.372 e. The summed E-state index contributed by atoms with van der Waals surface area (Å²) in [6.45, 7) is 5.99. The van der Waals surface area contributed by atoms with E-state index in [-0.39, 0.29) is 18.1 Å². The number of morpholine rings is 1. The Bertz CT molecular complexity index is 231. The molecular weight excluding hydrogens is 192 g/mol. The van der Waals surface area contributed by atoms with Gasteiger partial charge in [0.15, 0.2) is 0 Å². The van der Waals surface area contributed by atoms with Crippen molar-refractivity contribution in [1.82, 2.24) is 10.2 Å². The quantitative estimate of drug-likeness (QED) is 0.735. The second-order valence-corrected chi connectivity index (χ2v) is 4.71. The number of nitrogens with one attached hydrogen (secondary N) is 1. The minimum atomic E-state index is 0.165. The average Bonchev–Trinajstić information content (AvgIpc) is 2.96. The first kappa shape index (κ1) is 10.9. The molecule has 2 unspecified atom stereocenters. The summed E-state index contributed by atoms with van der Waals surface area (Å²) >= 11 is 0. The lowest BCUT2D eigenvalue weighted by atomic mass is 10.2. The molecule has 0 spiro atoms. The van der Waals surface area contributed by atoms with Gasteiger partial charge in [0.1, 0.15) is 0 Å². The monoisotopic (exact) mass is 212 g/mol. The number of hydrogen-bond donors (Lipinski definition) is 1. The van der Waals surface area contributed by atoms with Crippen molar-refractivity contribution in [3.05, 3.63) is 0 Å². The molecule has 1 N–H and O–H groups in total. The lowest BCUT2D eigenvalue weighted by Crippen LogP contribution is -2.50. The van der Waals surface area contributed by atoms with Gasteiger partial charge in [0.25, 0.3) is 0 Å². The second kappa shape index (κ2) is 4.49. The van der Waals surface area contributed by atoms with E-state index in [0.29, 0.717) is 12.6 Å². The molecule has 1 saturated carbocycles. The minimum absolute atomic E-state index is 0.165. The molecule has 86 valence electrons. The third-order valence-corrected chi connectivity index (χ3v) is 2.89. The first-order valence-corrected chi connectivity index (χ1v) is 5.82. The molecule has 1 amide bonds. The molecular formula is C11H20N2O2. The highest BCUT2D eigenvalue weighted by atomic mass is 16.5. The van der Waals surface area contributed by atoms with Crippen LogP contribution < -0.4 is 5.32 Å². The van der Waals surface area contributed by atoms with Crippen molar-refractivity contribution >= 4 is 5.91 Å². The molecule has 15 heavy (non-hydrogen) atoms. The average molecular weight is 212 g/mol. The highest BCUT2D eigenvalue weighted by Gasteiger charge is 2.27. The molecule has 2 atom stereocenters. The van der Waals surface area contributed by atoms with Crippen molar-refractivity contribution < 1.29 is 9.53 Å². The molecule has 2 rings (SSSR count). The van der Waals surface area contributed by atoms with Gasteiger partial charge < -0.3 is 15.0 Å². The fourth-order valence-electron chi connectivity index (χ4n) is 2.01. The number of carbonyl (C=O) groups is 1. The van der Waals surface area contributed by atoms with Crippen LogP contribution in [0.1, 0.15) is 26.7 Å². The van der Waals surface area contributed by atoms with E-state index in [4.69, 9.17) is 4.74 Å². The summed E-state index contributed by atoms with van der Waals surface area (Å²) in [7, 11) is 0. The first-order chi connectivity index (χ1) is 7.15. The van der Waals surface area contributed by atoms with E-state index < -0.39 is 0 Å². The summed E-state index contributed by atoms with van der Waals surface area (Å²) in [5.74, 6) is 0.212. The van der Waals surface area contributed by atoms with E-state index in [2.05, 4.69) is 5.32 Å². The van der Waals surface area contributed by atoms with Crippen molar-refractivity contribution in [2.75, 3.05) is 19.6 Å². The van der Waals surface area contributed by atoms with Gasteiger partial charge in [-0.1, -0.05) is 0 Å². The fraction of sp³-hybridized carbons (Fsp3) is 0.909. The zero-order valence-electron chi connectivity index (χ0n) is 9.53. The van der Waals surface area contributed by atoms with Crippen molar-refractivity contribution in [1.29, 1.82) is 0 Å². The predicted octanol–water partition coefficient (Wildman–Crippen LogP) is 0.374. The predicted molar refractivity (Wildman–Crippen MR) is 57.6 cm³/mol. The number of rotatable bonds is 3. The van der Waals surface area contributed by atoms with Crippen LogP contribution in [0.15, 0.2) is 0 Å². The van der Waals surface area contributed by atoms with E-state index in [9.17, 15) is 4.79 Å². The zero-order valence-corrected chi connectivity index (χ0v) is 9.53. The molecule has 2 fully saturated rings. The molecule has 0 aromatic heterocycles. The molecule has 4 heteroatoms. The molecule has 1 saturated heterocycles. The summed E-state index contributed by atoms with van der Waals surface area (Å²) in [5.41, 5.74) is 0. The van der Waals surface area contributed by atoms with Crippen LogP contribution in [0.5, 0.6) is 0 Å². The van der Waals surface area contributed by atoms with Crippen molar-refractivity contribution in [2.24, 2.45) is 0 Å². The Labute approximate surface area is 91.0 Å². The van der Waals surface area contributed by atoms with Crippen LogP contribution in [0.3, 0.4) is 0 Å². The maximum absolute atomic E-state index is 11.8. The van der Waals surface area contributed by atoms with Gasteiger partial charge in [-0.05, 0) is 26.7 Å². The van der Waals surface area contributed by atoms with Gasteiger partial charge in [-0.25, -0.2) is 0 Å². The molecule has 0 aromatic carbocycles. The topological polar surface area (TPSA) is 41.6 Å². The second-order valence-electron chi connectivity index (χ2n) is 4.71. The van der Waals surface area contributed by atoms with Crippen LogP contribution in [-0.4, -0.2) is 48.7 Å². The van der Waals surface area contributed by atoms with Crippen LogP contribution in [0, 0.1) is 0 Å². The largest absolute Gasteiger partial charge is 0.372 e. The van der Waals surface area contributed by atoms with Crippen molar-refractivity contribution in [2.45, 2.75) is 44.9 Å². The van der Waals surface area contributed by atoms with E-state index >= 15 is 0 Å². The third-order valence-electron chi connectivity index (χ3n) is 2.89. The maximum atomic E-state index is 11.8. The van der Waals surface area contributed by atoms with Gasteiger partial charge in [-0.15, -0.1) is 0 Å². The Morgan fingerprint density at radius 2 is 1.93 bits per heavy atom. The highest BCUT2D eigenvalue weighted by molar-refractivity contribution is 5.78. The standard InChI is InChI=1S/C11H20N2O2/c1-8-6-13(7-9(2)15-8)11(14)5-12-10-3-4-10/h8-10,12H,3-7H2,1-2H3. The van der Waals surface area contributed by atoms with Crippen LogP contribution in [0.2, 0.25) is 0 Å². The molecule has 4 nitrogen and oxygen atoms in total. The molecule has 0 aromatic rings. The summed E-state index contributed by atoms with van der Waals surface area (Å²) in [5, 5.41) is 3.25. The van der Waals surface area contributed by atoms with Crippen molar-refractivity contribution in [3.8, 4) is 0 Å². The molecule has 0 bridgehead atoms. The number of amides is 1. The van der Waals surface area contributed by atoms with E-state index in [1.165, 1.54) is 12.8 Å². The Balaban J connectivity index is 1.77. The van der Waals surface area contributed by atoms with Gasteiger partial charge in [-0.3, -0.25) is 4.79 Å². The summed E-state index contributed by atoms with van der Waals surface area (Å²) in [4.78, 5) is 13.7. The van der Waals surface area contributed by atoms with E-state index in [0.717, 1.165) is 13.1 Å². The van der Waals surface area contributed by atoms with Crippen LogP contribution >= 0.6 is 0 Å². The van der Waals surface area contributed by atoms with Crippen LogP contribution in [-0.2, 0) is 9.53 Å². The molecule has 1 aliphatic carbocycles. The summed E-state index contributed by atoms with van der Waals surface area (Å²) in [6, 6.07) is 0.602. The number of carbonyl (C=O) groups excluding carboxylic acids is 1. The Morgan fingerprint density at radius 1 is 1.33 bits per heavy atom. The first-order valence-electron chi connectivity index (χ1n) is 5.82. The Kier molecular flexibility index (Phi) is 3.26. The van der Waals surface area contributed by atoms with Gasteiger partial charge in [0.05, 0.1) is 18.8 Å². The molecule has 1 aliphatic heterocycles. The maximum Gasteiger partial charge on any atom is 0.236 e. The van der Waals surface area contributed by atoms with E-state index in [1.807, 2.05) is 18.7 Å². The smallest absolute Gasteiger partial charge is 0.236 e. The van der Waals surface area contributed by atoms with Crippen LogP contribution in [0.4, 0.5) is 0 Å².